The molecule has 0 spiro atoms. The third-order valence-electron chi connectivity index (χ3n) is 4.21. The molecule has 28 heavy (non-hydrogen) atoms. The summed E-state index contributed by atoms with van der Waals surface area (Å²) < 4.78 is 12.2. The van der Waals surface area contributed by atoms with E-state index in [2.05, 4.69) is 0 Å². The smallest absolute Gasteiger partial charge is 0.349 e. The molecule has 0 aliphatic rings. The lowest BCUT2D eigenvalue weighted by Gasteiger charge is -2.01. The highest BCUT2D eigenvalue weighted by Gasteiger charge is 2.23. The maximum Gasteiger partial charge on any atom is 0.349 e. The van der Waals surface area contributed by atoms with E-state index in [9.17, 15) is 9.59 Å². The Bertz CT molecular complexity index is 940. The summed E-state index contributed by atoms with van der Waals surface area (Å²) in [7, 11) is 0. The fourth-order valence-corrected chi connectivity index (χ4v) is 5.47. The predicted molar refractivity (Wildman–Crippen MR) is 118 cm³/mol. The first-order valence-corrected chi connectivity index (χ1v) is 11.5. The van der Waals surface area contributed by atoms with Gasteiger partial charge in [0.2, 0.25) is 0 Å². The molecule has 150 valence electrons. The van der Waals surface area contributed by atoms with Crippen molar-refractivity contribution in [2.75, 3.05) is 13.2 Å². The Morgan fingerprint density at radius 3 is 1.57 bits per heavy atom. The highest BCUT2D eigenvalue weighted by Crippen LogP contribution is 2.43. The number of rotatable bonds is 8. The molecule has 0 radical (unpaired) electrons. The largest absolute Gasteiger partial charge is 0.461 e. The second-order valence-corrected chi connectivity index (χ2v) is 9.17. The van der Waals surface area contributed by atoms with Crippen LogP contribution in [0, 0.1) is 0 Å². The van der Waals surface area contributed by atoms with E-state index < -0.39 is 11.9 Å². The van der Waals surface area contributed by atoms with Crippen molar-refractivity contribution in [1.29, 1.82) is 0 Å². The van der Waals surface area contributed by atoms with Crippen molar-refractivity contribution in [2.45, 2.75) is 39.5 Å². The van der Waals surface area contributed by atoms with Crippen LogP contribution in [-0.2, 0) is 9.47 Å². The highest BCUT2D eigenvalue weighted by molar-refractivity contribution is 7.23. The summed E-state index contributed by atoms with van der Waals surface area (Å²) in [5, 5.41) is 2.26. The van der Waals surface area contributed by atoms with E-state index in [-0.39, 0.29) is 0 Å². The van der Waals surface area contributed by atoms with Gasteiger partial charge in [0, 0.05) is 20.2 Å². The molecule has 0 saturated heterocycles. The zero-order valence-corrected chi connectivity index (χ0v) is 18.7. The van der Waals surface area contributed by atoms with Crippen molar-refractivity contribution in [2.24, 2.45) is 0 Å². The monoisotopic (exact) mass is 458 g/mol. The van der Waals surface area contributed by atoms with Gasteiger partial charge in [-0.05, 0) is 25.0 Å². The van der Waals surface area contributed by atoms with Gasteiger partial charge in [-0.2, -0.15) is 0 Å². The first-order chi connectivity index (χ1) is 13.5. The summed E-state index contributed by atoms with van der Waals surface area (Å²) in [5.74, 6) is -0.816. The number of fused-ring (bicyclic) bond motifs is 2. The molecule has 2 heterocycles. The van der Waals surface area contributed by atoms with E-state index in [0.717, 1.165) is 45.9 Å². The molecular weight excluding hydrogens is 439 g/mol. The molecule has 0 atom stereocenters. The number of hydrogen-bond acceptors (Lipinski definition) is 6. The summed E-state index contributed by atoms with van der Waals surface area (Å²) >= 11 is 15.4. The van der Waals surface area contributed by atoms with Crippen LogP contribution in [0.1, 0.15) is 58.9 Å². The van der Waals surface area contributed by atoms with Crippen LogP contribution in [0.5, 0.6) is 0 Å². The maximum absolute atomic E-state index is 12.3. The standard InChI is InChI=1S/C20H20Cl2O4S2/c1-3-5-7-25-19(23)17-15(21)11-9-14-12(10-13(11)27-17)16(22)18(28-14)20(24)26-8-6-4-2/h9-10H,3-8H2,1-2H3. The molecule has 3 aromatic rings. The molecule has 4 nitrogen and oxygen atoms in total. The Hall–Kier alpha value is -1.34. The maximum atomic E-state index is 12.3. The third-order valence-corrected chi connectivity index (χ3v) is 7.48. The van der Waals surface area contributed by atoms with Crippen molar-refractivity contribution >= 4 is 78.0 Å². The lowest BCUT2D eigenvalue weighted by atomic mass is 10.2. The molecule has 0 unspecified atom stereocenters. The second-order valence-electron chi connectivity index (χ2n) is 6.31. The predicted octanol–water partition coefficient (Wildman–Crippen LogP) is 7.34. The fourth-order valence-electron chi connectivity index (χ4n) is 2.64. The van der Waals surface area contributed by atoms with Crippen molar-refractivity contribution < 1.29 is 19.1 Å². The molecule has 3 rings (SSSR count). The van der Waals surface area contributed by atoms with Gasteiger partial charge < -0.3 is 9.47 Å². The van der Waals surface area contributed by atoms with Crippen LogP contribution < -0.4 is 0 Å². The molecule has 0 fully saturated rings. The average Bonchev–Trinajstić information content (AvgIpc) is 3.18. The second kappa shape index (κ2) is 9.44. The van der Waals surface area contributed by atoms with E-state index in [1.54, 1.807) is 0 Å². The van der Waals surface area contributed by atoms with Crippen molar-refractivity contribution in [1.82, 2.24) is 0 Å². The number of esters is 2. The summed E-state index contributed by atoms with van der Waals surface area (Å²) in [6.07, 6.45) is 3.53. The quantitative estimate of drug-likeness (QED) is 0.261. The van der Waals surface area contributed by atoms with Crippen LogP contribution >= 0.6 is 45.9 Å². The fraction of sp³-hybridized carbons (Fsp3) is 0.400. The number of hydrogen-bond donors (Lipinski definition) is 0. The average molecular weight is 459 g/mol. The summed E-state index contributed by atoms with van der Waals surface area (Å²) in [6.45, 7) is 4.82. The Morgan fingerprint density at radius 1 is 0.821 bits per heavy atom. The molecule has 0 aliphatic carbocycles. The van der Waals surface area contributed by atoms with E-state index >= 15 is 0 Å². The number of ether oxygens (including phenoxy) is 2. The van der Waals surface area contributed by atoms with Crippen molar-refractivity contribution in [3.8, 4) is 0 Å². The van der Waals surface area contributed by atoms with Crippen molar-refractivity contribution in [3.05, 3.63) is 31.9 Å². The van der Waals surface area contributed by atoms with Gasteiger partial charge in [-0.25, -0.2) is 9.59 Å². The zero-order chi connectivity index (χ0) is 20.3. The Labute approximate surface area is 181 Å². The molecule has 2 aromatic heterocycles. The molecule has 8 heteroatoms. The number of unbranched alkanes of at least 4 members (excludes halogenated alkanes) is 2. The van der Waals surface area contributed by atoms with Gasteiger partial charge in [0.05, 0.1) is 23.3 Å². The topological polar surface area (TPSA) is 52.6 Å². The first-order valence-electron chi connectivity index (χ1n) is 9.16. The SMILES string of the molecule is CCCCOC(=O)c1sc2cc3c(Cl)c(C(=O)OCCCC)sc3cc2c1Cl. The molecule has 0 aliphatic heterocycles. The lowest BCUT2D eigenvalue weighted by molar-refractivity contribution is 0.0496. The minimum Gasteiger partial charge on any atom is -0.461 e. The molecule has 1 aromatic carbocycles. The molecule has 0 bridgehead atoms. The molecule has 0 saturated carbocycles. The van der Waals surface area contributed by atoms with Crippen LogP contribution in [0.25, 0.3) is 20.2 Å². The van der Waals surface area contributed by atoms with Gasteiger partial charge in [0.25, 0.3) is 0 Å². The van der Waals surface area contributed by atoms with Crippen LogP contribution in [0.4, 0.5) is 0 Å². The van der Waals surface area contributed by atoms with Crippen LogP contribution in [-0.4, -0.2) is 25.2 Å². The Morgan fingerprint density at radius 2 is 1.21 bits per heavy atom. The third kappa shape index (κ3) is 4.30. The number of halogens is 2. The van der Waals surface area contributed by atoms with E-state index in [1.165, 1.54) is 22.7 Å². The first kappa shape index (κ1) is 21.4. The Balaban J connectivity index is 1.93. The van der Waals surface area contributed by atoms with Gasteiger partial charge in [0.1, 0.15) is 9.75 Å². The van der Waals surface area contributed by atoms with Gasteiger partial charge in [-0.1, -0.05) is 49.9 Å². The minimum atomic E-state index is -0.408. The van der Waals surface area contributed by atoms with Crippen LogP contribution in [0.3, 0.4) is 0 Å². The summed E-state index contributed by atoms with van der Waals surface area (Å²) in [6, 6.07) is 3.73. The van der Waals surface area contributed by atoms with Gasteiger partial charge in [0.15, 0.2) is 0 Å². The normalized spacial score (nSPS) is 11.3. The Kier molecular flexibility index (Phi) is 7.20. The van der Waals surface area contributed by atoms with Gasteiger partial charge >= 0.3 is 11.9 Å². The molecular formula is C20H20Cl2O4S2. The minimum absolute atomic E-state index is 0.375. The van der Waals surface area contributed by atoms with E-state index in [4.69, 9.17) is 32.7 Å². The number of benzene rings is 1. The van der Waals surface area contributed by atoms with Crippen LogP contribution in [0.15, 0.2) is 12.1 Å². The zero-order valence-electron chi connectivity index (χ0n) is 15.6. The van der Waals surface area contributed by atoms with E-state index in [1.807, 2.05) is 26.0 Å². The summed E-state index contributed by atoms with van der Waals surface area (Å²) in [4.78, 5) is 25.4. The van der Waals surface area contributed by atoms with Crippen molar-refractivity contribution in [3.63, 3.8) is 0 Å². The lowest BCUT2D eigenvalue weighted by Crippen LogP contribution is -2.04. The van der Waals surface area contributed by atoms with Crippen LogP contribution in [0.2, 0.25) is 10.0 Å². The van der Waals surface area contributed by atoms with Gasteiger partial charge in [-0.15, -0.1) is 22.7 Å². The number of carbonyl (C=O) groups excluding carboxylic acids is 2. The van der Waals surface area contributed by atoms with E-state index in [0.29, 0.717) is 33.0 Å². The number of carbonyl (C=O) groups is 2. The summed E-state index contributed by atoms with van der Waals surface area (Å²) in [5.41, 5.74) is 0. The highest BCUT2D eigenvalue weighted by atomic mass is 35.5. The molecule has 0 N–H and O–H groups in total. The van der Waals surface area contributed by atoms with Gasteiger partial charge in [-0.3, -0.25) is 0 Å². The molecule has 0 amide bonds. The number of thiophene rings is 2.